The van der Waals surface area contributed by atoms with E-state index in [2.05, 4.69) is 0 Å². The van der Waals surface area contributed by atoms with Crippen LogP contribution in [0.1, 0.15) is 10.4 Å². The Morgan fingerprint density at radius 2 is 1.25 bits per heavy atom. The first-order valence-corrected chi connectivity index (χ1v) is 9.95. The fourth-order valence-electron chi connectivity index (χ4n) is 2.29. The van der Waals surface area contributed by atoms with E-state index in [4.69, 9.17) is 18.3 Å². The molecule has 0 N–H and O–H groups in total. The van der Waals surface area contributed by atoms with Crippen molar-refractivity contribution in [2.45, 2.75) is 0 Å². The lowest BCUT2D eigenvalue weighted by Crippen LogP contribution is -2.12. The molecule has 3 aromatic carbocycles. The number of phosphoric ester groups is 1. The maximum Gasteiger partial charge on any atom is 0.588 e. The lowest BCUT2D eigenvalue weighted by molar-refractivity contribution is 0.0892. The second-order valence-corrected chi connectivity index (χ2v) is 7.20. The maximum atomic E-state index is 13.1. The zero-order valence-electron chi connectivity index (χ0n) is 15.2. The summed E-state index contributed by atoms with van der Waals surface area (Å²) in [4.78, 5) is 12.4. The van der Waals surface area contributed by atoms with Crippen LogP contribution in [-0.4, -0.2) is 19.5 Å². The van der Waals surface area contributed by atoms with Crippen molar-refractivity contribution >= 4 is 13.6 Å². The van der Waals surface area contributed by atoms with Crippen LogP contribution in [0.2, 0.25) is 0 Å². The van der Waals surface area contributed by atoms with E-state index in [1.807, 2.05) is 0 Å². The molecule has 28 heavy (non-hydrogen) atoms. The van der Waals surface area contributed by atoms with E-state index in [9.17, 15) is 9.36 Å². The molecule has 0 fully saturated rings. The van der Waals surface area contributed by atoms with E-state index in [1.165, 1.54) is 7.11 Å². The minimum Gasteiger partial charge on any atom is -0.497 e. The SMILES string of the molecule is COc1ccc(C(=O)COP(=O)(Oc2ccccc2)Oc2ccccc2)cc1. The van der Waals surface area contributed by atoms with Gasteiger partial charge in [-0.1, -0.05) is 36.4 Å². The summed E-state index contributed by atoms with van der Waals surface area (Å²) in [5.41, 5.74) is 0.395. The fraction of sp³-hybridized carbons (Fsp3) is 0.0952. The first-order valence-electron chi connectivity index (χ1n) is 8.49. The van der Waals surface area contributed by atoms with Gasteiger partial charge in [-0.25, -0.2) is 4.57 Å². The van der Waals surface area contributed by atoms with E-state index in [0.717, 1.165) is 0 Å². The normalized spacial score (nSPS) is 10.9. The molecule has 0 saturated heterocycles. The summed E-state index contributed by atoms with van der Waals surface area (Å²) in [6.45, 7) is -0.469. The Hall–Kier alpha value is -3.08. The summed E-state index contributed by atoms with van der Waals surface area (Å²) in [5, 5.41) is 0. The molecule has 0 atom stereocenters. The van der Waals surface area contributed by atoms with Gasteiger partial charge in [0.2, 0.25) is 0 Å². The topological polar surface area (TPSA) is 71.1 Å². The molecule has 0 aliphatic carbocycles. The van der Waals surface area contributed by atoms with Crippen LogP contribution in [0.25, 0.3) is 0 Å². The molecule has 144 valence electrons. The second kappa shape index (κ2) is 9.22. The van der Waals surface area contributed by atoms with E-state index < -0.39 is 14.4 Å². The fourth-order valence-corrected chi connectivity index (χ4v) is 3.47. The van der Waals surface area contributed by atoms with Gasteiger partial charge < -0.3 is 13.8 Å². The number of methoxy groups -OCH3 is 1. The number of para-hydroxylation sites is 2. The van der Waals surface area contributed by atoms with Crippen LogP contribution in [0, 0.1) is 0 Å². The van der Waals surface area contributed by atoms with Gasteiger partial charge in [-0.15, -0.1) is 0 Å². The quantitative estimate of drug-likeness (QED) is 0.366. The largest absolute Gasteiger partial charge is 0.588 e. The summed E-state index contributed by atoms with van der Waals surface area (Å²) < 4.78 is 34.5. The van der Waals surface area contributed by atoms with Gasteiger partial charge in [-0.3, -0.25) is 9.32 Å². The number of carbonyl (C=O) groups is 1. The minimum atomic E-state index is -4.10. The predicted octanol–water partition coefficient (Wildman–Crippen LogP) is 5.16. The Labute approximate surface area is 163 Å². The van der Waals surface area contributed by atoms with Crippen molar-refractivity contribution in [3.8, 4) is 17.2 Å². The van der Waals surface area contributed by atoms with Gasteiger partial charge in [0.05, 0.1) is 7.11 Å². The van der Waals surface area contributed by atoms with Crippen molar-refractivity contribution < 1.29 is 27.7 Å². The number of phosphoric acid groups is 1. The number of benzene rings is 3. The lowest BCUT2D eigenvalue weighted by atomic mass is 10.1. The summed E-state index contributed by atoms with van der Waals surface area (Å²) >= 11 is 0. The van der Waals surface area contributed by atoms with Crippen molar-refractivity contribution in [2.75, 3.05) is 13.7 Å². The van der Waals surface area contributed by atoms with Crippen LogP contribution in [0.15, 0.2) is 84.9 Å². The van der Waals surface area contributed by atoms with Crippen molar-refractivity contribution in [1.82, 2.24) is 0 Å². The Bertz CT molecular complexity index is 896. The first kappa shape index (κ1) is 19.7. The van der Waals surface area contributed by atoms with Gasteiger partial charge in [0.15, 0.2) is 5.78 Å². The molecule has 3 rings (SSSR count). The van der Waals surface area contributed by atoms with Gasteiger partial charge in [0.1, 0.15) is 23.9 Å². The minimum absolute atomic E-state index is 0.304. The molecule has 0 amide bonds. The molecule has 6 nitrogen and oxygen atoms in total. The molecule has 0 bridgehead atoms. The highest BCUT2D eigenvalue weighted by molar-refractivity contribution is 7.49. The zero-order valence-corrected chi connectivity index (χ0v) is 16.1. The third-order valence-corrected chi connectivity index (χ3v) is 5.00. The number of hydrogen-bond acceptors (Lipinski definition) is 6. The third-order valence-electron chi connectivity index (χ3n) is 3.69. The number of rotatable bonds is 9. The van der Waals surface area contributed by atoms with Gasteiger partial charge in [0.25, 0.3) is 0 Å². The summed E-state index contributed by atoms with van der Waals surface area (Å²) in [7, 11) is -2.56. The highest BCUT2D eigenvalue weighted by Crippen LogP contribution is 2.49. The molecule has 0 spiro atoms. The second-order valence-electron chi connectivity index (χ2n) is 5.68. The molecular formula is C21H19O6P. The highest BCUT2D eigenvalue weighted by Gasteiger charge is 2.32. The van der Waals surface area contributed by atoms with Crippen molar-refractivity contribution in [3.05, 3.63) is 90.5 Å². The van der Waals surface area contributed by atoms with Gasteiger partial charge >= 0.3 is 7.82 Å². The van der Waals surface area contributed by atoms with Gasteiger partial charge in [0, 0.05) is 5.56 Å². The summed E-state index contributed by atoms with van der Waals surface area (Å²) in [5.74, 6) is 0.872. The van der Waals surface area contributed by atoms with Crippen molar-refractivity contribution in [2.24, 2.45) is 0 Å². The molecule has 0 aromatic heterocycles. The predicted molar refractivity (Wildman–Crippen MR) is 105 cm³/mol. The molecule has 3 aromatic rings. The number of carbonyl (C=O) groups excluding carboxylic acids is 1. The molecule has 0 radical (unpaired) electrons. The van der Waals surface area contributed by atoms with Gasteiger partial charge in [-0.05, 0) is 48.5 Å². The molecule has 0 unspecified atom stereocenters. The number of Topliss-reactive ketones (excluding diaryl/α,β-unsaturated/α-hetero) is 1. The van der Waals surface area contributed by atoms with Crippen LogP contribution in [-0.2, 0) is 9.09 Å². The molecular weight excluding hydrogens is 379 g/mol. The highest BCUT2D eigenvalue weighted by atomic mass is 31.2. The van der Waals surface area contributed by atoms with E-state index in [1.54, 1.807) is 84.9 Å². The maximum absolute atomic E-state index is 13.1. The van der Waals surface area contributed by atoms with E-state index >= 15 is 0 Å². The molecule has 0 aliphatic rings. The smallest absolute Gasteiger partial charge is 0.497 e. The van der Waals surface area contributed by atoms with Crippen LogP contribution in [0.4, 0.5) is 0 Å². The van der Waals surface area contributed by atoms with Gasteiger partial charge in [-0.2, -0.15) is 0 Å². The third kappa shape index (κ3) is 5.46. The molecule has 0 aliphatic heterocycles. The number of ketones is 1. The van der Waals surface area contributed by atoms with Crippen LogP contribution in [0.5, 0.6) is 17.2 Å². The van der Waals surface area contributed by atoms with Crippen LogP contribution < -0.4 is 13.8 Å². The number of ether oxygens (including phenoxy) is 1. The average molecular weight is 398 g/mol. The molecule has 0 saturated carbocycles. The molecule has 0 heterocycles. The van der Waals surface area contributed by atoms with Crippen molar-refractivity contribution in [3.63, 3.8) is 0 Å². The summed E-state index contributed by atoms with van der Waals surface area (Å²) in [6.07, 6.45) is 0. The number of hydrogen-bond donors (Lipinski definition) is 0. The van der Waals surface area contributed by atoms with E-state index in [0.29, 0.717) is 22.8 Å². The zero-order chi connectivity index (χ0) is 19.8. The average Bonchev–Trinajstić information content (AvgIpc) is 2.73. The van der Waals surface area contributed by atoms with Crippen LogP contribution in [0.3, 0.4) is 0 Å². The Morgan fingerprint density at radius 3 is 1.71 bits per heavy atom. The first-order chi connectivity index (χ1) is 13.6. The van der Waals surface area contributed by atoms with Crippen LogP contribution >= 0.6 is 7.82 Å². The standard InChI is InChI=1S/C21H19O6P/c1-24-18-14-12-17(13-15-18)21(22)16-25-28(23,26-19-8-4-2-5-9-19)27-20-10-6-3-7-11-20/h2-15H,16H2,1H3. The summed E-state index contributed by atoms with van der Waals surface area (Å²) in [6, 6.07) is 23.5. The Kier molecular flexibility index (Phi) is 6.48. The molecule has 7 heteroatoms. The Morgan fingerprint density at radius 1 is 0.750 bits per heavy atom. The Balaban J connectivity index is 1.74. The monoisotopic (exact) mass is 398 g/mol. The van der Waals surface area contributed by atoms with Crippen molar-refractivity contribution in [1.29, 1.82) is 0 Å². The lowest BCUT2D eigenvalue weighted by Gasteiger charge is -2.18. The van der Waals surface area contributed by atoms with E-state index in [-0.39, 0.29) is 5.78 Å².